The van der Waals surface area contributed by atoms with Gasteiger partial charge in [0, 0.05) is 36.5 Å². The van der Waals surface area contributed by atoms with Crippen molar-refractivity contribution in [1.82, 2.24) is 0 Å². The van der Waals surface area contributed by atoms with E-state index < -0.39 is 16.3 Å². The Labute approximate surface area is 224 Å². The van der Waals surface area contributed by atoms with Crippen molar-refractivity contribution in [2.75, 3.05) is 22.9 Å². The number of hydrogen-bond donors (Lipinski definition) is 0. The first-order valence-electron chi connectivity index (χ1n) is 13.8. The maximum Gasteiger partial charge on any atom is 0.237 e. The van der Waals surface area contributed by atoms with Crippen LogP contribution in [-0.4, -0.2) is 25.2 Å². The van der Waals surface area contributed by atoms with Crippen LogP contribution < -0.4 is 36.5 Å². The van der Waals surface area contributed by atoms with Crippen LogP contribution in [0.3, 0.4) is 0 Å². The van der Waals surface area contributed by atoms with Crippen LogP contribution in [0.1, 0.15) is 65.5 Å². The highest BCUT2D eigenvalue weighted by Gasteiger charge is 2.37. The predicted molar refractivity (Wildman–Crippen MR) is 158 cm³/mol. The summed E-state index contributed by atoms with van der Waals surface area (Å²) in [7, 11) is 0. The average Bonchev–Trinajstić information content (AvgIpc) is 3.07. The van der Waals surface area contributed by atoms with Crippen molar-refractivity contribution in [3.63, 3.8) is 0 Å². The van der Waals surface area contributed by atoms with Gasteiger partial charge in [0.1, 0.15) is 0 Å². The standard InChI is InChI=1S/C33H38N2O3/c1-7-34-21(19-32(3,4)25-13-9-11-15-27(25)34)17-23-29(36)24(31(38)30(23)37)18-22-20-33(5,6)26-14-10-12-16-28(26)35(22)8-2/h9-18,21-22H,7-8,19-20H2,1-6H3/b23-17-,24-18-. The van der Waals surface area contributed by atoms with Gasteiger partial charge in [-0.05, 0) is 72.9 Å². The van der Waals surface area contributed by atoms with Gasteiger partial charge in [-0.25, -0.2) is 0 Å². The molecule has 38 heavy (non-hydrogen) atoms. The highest BCUT2D eigenvalue weighted by Crippen LogP contribution is 2.43. The van der Waals surface area contributed by atoms with Crippen molar-refractivity contribution >= 4 is 23.5 Å². The zero-order valence-electron chi connectivity index (χ0n) is 23.4. The fourth-order valence-electron chi connectivity index (χ4n) is 6.83. The van der Waals surface area contributed by atoms with Gasteiger partial charge in [0.2, 0.25) is 16.3 Å². The molecule has 0 radical (unpaired) electrons. The maximum absolute atomic E-state index is 13.7. The minimum Gasteiger partial charge on any atom is -0.365 e. The normalized spacial score (nSPS) is 22.9. The van der Waals surface area contributed by atoms with Gasteiger partial charge >= 0.3 is 0 Å². The Kier molecular flexibility index (Phi) is 6.45. The molecule has 3 aromatic rings. The Morgan fingerprint density at radius 1 is 0.658 bits per heavy atom. The molecule has 0 saturated carbocycles. The minimum atomic E-state index is -0.674. The molecule has 5 rings (SSSR count). The Morgan fingerprint density at radius 3 is 1.39 bits per heavy atom. The Morgan fingerprint density at radius 2 is 1.03 bits per heavy atom. The molecule has 5 heteroatoms. The zero-order chi connectivity index (χ0) is 27.4. The molecular formula is C33H38N2O3. The molecule has 2 aliphatic heterocycles. The number of fused-ring (bicyclic) bond motifs is 2. The van der Waals surface area contributed by atoms with Crippen molar-refractivity contribution in [1.29, 1.82) is 0 Å². The third kappa shape index (κ3) is 4.13. The number of para-hydroxylation sites is 2. The van der Waals surface area contributed by atoms with E-state index in [0.29, 0.717) is 0 Å². The molecule has 0 spiro atoms. The van der Waals surface area contributed by atoms with Crippen LogP contribution in [0, 0.1) is 0 Å². The quantitative estimate of drug-likeness (QED) is 0.504. The lowest BCUT2D eigenvalue weighted by Gasteiger charge is -2.44. The van der Waals surface area contributed by atoms with Crippen molar-refractivity contribution in [2.45, 2.75) is 77.3 Å². The third-order valence-electron chi connectivity index (χ3n) is 8.71. The number of benzene rings is 2. The third-order valence-corrected chi connectivity index (χ3v) is 8.71. The largest absolute Gasteiger partial charge is 0.365 e. The summed E-state index contributed by atoms with van der Waals surface area (Å²) in [6.45, 7) is 14.4. The van der Waals surface area contributed by atoms with Crippen LogP contribution >= 0.6 is 0 Å². The van der Waals surface area contributed by atoms with Crippen molar-refractivity contribution in [3.05, 3.63) is 101 Å². The second-order valence-electron chi connectivity index (χ2n) is 12.1. The van der Waals surface area contributed by atoms with E-state index >= 15 is 0 Å². The lowest BCUT2D eigenvalue weighted by molar-refractivity contribution is 0.425. The van der Waals surface area contributed by atoms with E-state index in [-0.39, 0.29) is 33.4 Å². The molecule has 0 bridgehead atoms. The van der Waals surface area contributed by atoms with Gasteiger partial charge in [0.05, 0.1) is 10.4 Å². The second kappa shape index (κ2) is 9.37. The highest BCUT2D eigenvalue weighted by molar-refractivity contribution is 5.64. The molecule has 0 fully saturated rings. The summed E-state index contributed by atoms with van der Waals surface area (Å²) < 4.78 is 0. The molecule has 2 heterocycles. The molecule has 2 atom stereocenters. The van der Waals surface area contributed by atoms with Gasteiger partial charge in [-0.1, -0.05) is 64.1 Å². The lowest BCUT2D eigenvalue weighted by Crippen LogP contribution is -2.48. The van der Waals surface area contributed by atoms with E-state index in [1.165, 1.54) is 11.1 Å². The Hall–Kier alpha value is -3.47. The molecular weight excluding hydrogens is 472 g/mol. The molecule has 0 saturated heterocycles. The fourth-order valence-corrected chi connectivity index (χ4v) is 6.83. The number of hydrogen-bond acceptors (Lipinski definition) is 5. The second-order valence-corrected chi connectivity index (χ2v) is 12.1. The zero-order valence-corrected chi connectivity index (χ0v) is 23.4. The SMILES string of the molecule is CCN1c2ccccc2C(C)(C)CC1/C=c1\c(=O)c(=O)/c(=C\C2CC(C)(C)c3ccccc3N2CC)c1=O. The first-order valence-corrected chi connectivity index (χ1v) is 13.8. The van der Waals surface area contributed by atoms with Crippen LogP contribution in [0.15, 0.2) is 62.9 Å². The summed E-state index contributed by atoms with van der Waals surface area (Å²) in [5.74, 6) is 0. The van der Waals surface area contributed by atoms with Gasteiger partial charge in [0.15, 0.2) is 0 Å². The highest BCUT2D eigenvalue weighted by atomic mass is 16.2. The summed E-state index contributed by atoms with van der Waals surface area (Å²) in [5.41, 5.74) is 2.74. The van der Waals surface area contributed by atoms with E-state index in [9.17, 15) is 14.4 Å². The molecule has 198 valence electrons. The summed E-state index contributed by atoms with van der Waals surface area (Å²) in [4.78, 5) is 44.6. The van der Waals surface area contributed by atoms with Crippen LogP contribution in [0.5, 0.6) is 0 Å². The van der Waals surface area contributed by atoms with Crippen molar-refractivity contribution < 1.29 is 0 Å². The van der Waals surface area contributed by atoms with E-state index in [0.717, 1.165) is 37.3 Å². The van der Waals surface area contributed by atoms with Gasteiger partial charge in [-0.2, -0.15) is 0 Å². The molecule has 3 aromatic carbocycles. The van der Waals surface area contributed by atoms with Gasteiger partial charge in [0.25, 0.3) is 0 Å². The van der Waals surface area contributed by atoms with Crippen LogP contribution in [-0.2, 0) is 10.8 Å². The summed E-state index contributed by atoms with van der Waals surface area (Å²) in [5, 5.41) is 0.0526. The molecule has 0 amide bonds. The monoisotopic (exact) mass is 510 g/mol. The summed E-state index contributed by atoms with van der Waals surface area (Å²) >= 11 is 0. The van der Waals surface area contributed by atoms with Crippen molar-refractivity contribution in [2.24, 2.45) is 0 Å². The smallest absolute Gasteiger partial charge is 0.237 e. The average molecular weight is 511 g/mol. The van der Waals surface area contributed by atoms with Crippen molar-refractivity contribution in [3.8, 4) is 0 Å². The molecule has 2 aliphatic rings. The molecule has 0 aliphatic carbocycles. The number of rotatable bonds is 4. The maximum atomic E-state index is 13.7. The van der Waals surface area contributed by atoms with E-state index in [1.807, 2.05) is 12.1 Å². The van der Waals surface area contributed by atoms with Crippen LogP contribution in [0.25, 0.3) is 12.2 Å². The van der Waals surface area contributed by atoms with Gasteiger partial charge in [-0.3, -0.25) is 14.4 Å². The number of anilines is 2. The molecule has 0 aromatic heterocycles. The Bertz CT molecular complexity index is 1520. The lowest BCUT2D eigenvalue weighted by atomic mass is 9.74. The number of nitrogens with zero attached hydrogens (tertiary/aromatic N) is 2. The Balaban J connectivity index is 1.64. The van der Waals surface area contributed by atoms with Crippen LogP contribution in [0.4, 0.5) is 11.4 Å². The topological polar surface area (TPSA) is 57.7 Å². The van der Waals surface area contributed by atoms with Crippen LogP contribution in [0.2, 0.25) is 0 Å². The first-order chi connectivity index (χ1) is 18.0. The predicted octanol–water partition coefficient (Wildman–Crippen LogP) is 3.36. The first kappa shape index (κ1) is 26.1. The van der Waals surface area contributed by atoms with E-state index in [1.54, 1.807) is 12.2 Å². The van der Waals surface area contributed by atoms with Gasteiger partial charge in [-0.15, -0.1) is 0 Å². The molecule has 2 unspecified atom stereocenters. The summed E-state index contributed by atoms with van der Waals surface area (Å²) in [6, 6.07) is 16.4. The molecule has 0 N–H and O–H groups in total. The van der Waals surface area contributed by atoms with E-state index in [2.05, 4.69) is 87.7 Å². The minimum absolute atomic E-state index is 0.0263. The molecule has 5 nitrogen and oxygen atoms in total. The fraction of sp³-hybridized carbons (Fsp3) is 0.424. The summed E-state index contributed by atoms with van der Waals surface area (Å²) in [6.07, 6.45) is 5.04. The van der Waals surface area contributed by atoms with E-state index in [4.69, 9.17) is 0 Å². The van der Waals surface area contributed by atoms with Gasteiger partial charge < -0.3 is 9.80 Å².